The van der Waals surface area contributed by atoms with Crippen LogP contribution in [0.4, 0.5) is 4.79 Å². The summed E-state index contributed by atoms with van der Waals surface area (Å²) in [6.07, 6.45) is 0.155. The van der Waals surface area contributed by atoms with E-state index in [4.69, 9.17) is 5.11 Å². The Balaban J connectivity index is 2.65. The summed E-state index contributed by atoms with van der Waals surface area (Å²) in [7, 11) is 0. The number of H-pyrrole nitrogens is 1. The Morgan fingerprint density at radius 3 is 2.82 bits per heavy atom. The van der Waals surface area contributed by atoms with Crippen LogP contribution in [-0.4, -0.2) is 16.2 Å². The van der Waals surface area contributed by atoms with Crippen molar-refractivity contribution < 1.29 is 14.6 Å². The molecule has 0 bridgehead atoms. The first-order valence-electron chi connectivity index (χ1n) is 4.80. The number of hydrogen-bond donors (Lipinski definition) is 2. The highest BCUT2D eigenvalue weighted by Crippen LogP contribution is 2.15. The van der Waals surface area contributed by atoms with Crippen molar-refractivity contribution in [3.63, 3.8) is 0 Å². The van der Waals surface area contributed by atoms with E-state index in [0.29, 0.717) is 10.9 Å². The van der Waals surface area contributed by atoms with Crippen molar-refractivity contribution >= 4 is 23.1 Å². The fourth-order valence-corrected chi connectivity index (χ4v) is 1.52. The Morgan fingerprint density at radius 2 is 2.18 bits per heavy atom. The van der Waals surface area contributed by atoms with Gasteiger partial charge in [-0.15, -0.1) is 0 Å². The molecule has 2 rings (SSSR count). The van der Waals surface area contributed by atoms with E-state index in [9.17, 15) is 9.59 Å². The number of hydrogen-bond acceptors (Lipinski definition) is 3. The van der Waals surface area contributed by atoms with Gasteiger partial charge < -0.3 is 14.8 Å². The Kier molecular flexibility index (Phi) is 2.66. The molecule has 0 saturated heterocycles. The number of pyridine rings is 1. The van der Waals surface area contributed by atoms with E-state index in [2.05, 4.69) is 16.3 Å². The summed E-state index contributed by atoms with van der Waals surface area (Å²) in [5.41, 5.74) is 1.03. The van der Waals surface area contributed by atoms with Gasteiger partial charge in [0.25, 0.3) is 0 Å². The lowest BCUT2D eigenvalue weighted by Gasteiger charge is -2.03. The third-order valence-corrected chi connectivity index (χ3v) is 2.26. The first-order valence-corrected chi connectivity index (χ1v) is 4.80. The predicted molar refractivity (Wildman–Crippen MR) is 63.3 cm³/mol. The molecule has 2 aromatic rings. The SMILES string of the molecule is C=Cc1ccc2c(=O)cc(OC(=O)O)[nH]c2c1. The van der Waals surface area contributed by atoms with Crippen LogP contribution < -0.4 is 10.2 Å². The molecule has 0 radical (unpaired) electrons. The molecule has 0 unspecified atom stereocenters. The van der Waals surface area contributed by atoms with Gasteiger partial charge in [-0.05, 0) is 17.7 Å². The van der Waals surface area contributed by atoms with Crippen LogP contribution in [0.5, 0.6) is 5.88 Å². The second kappa shape index (κ2) is 4.13. The van der Waals surface area contributed by atoms with Crippen LogP contribution in [0.3, 0.4) is 0 Å². The van der Waals surface area contributed by atoms with E-state index in [1.807, 2.05) is 0 Å². The number of ether oxygens (including phenoxy) is 1. The number of rotatable bonds is 2. The zero-order valence-electron chi connectivity index (χ0n) is 8.77. The van der Waals surface area contributed by atoms with Crippen molar-refractivity contribution in [2.24, 2.45) is 0 Å². The number of carbonyl (C=O) groups is 1. The van der Waals surface area contributed by atoms with Gasteiger partial charge in [0.2, 0.25) is 5.88 Å². The molecular weight excluding hydrogens is 222 g/mol. The average Bonchev–Trinajstić information content (AvgIpc) is 2.27. The predicted octanol–water partition coefficient (Wildman–Crippen LogP) is 2.23. The lowest BCUT2D eigenvalue weighted by molar-refractivity contribution is 0.142. The van der Waals surface area contributed by atoms with Gasteiger partial charge in [-0.3, -0.25) is 4.79 Å². The second-order valence-corrected chi connectivity index (χ2v) is 3.37. The molecule has 1 aromatic heterocycles. The zero-order valence-corrected chi connectivity index (χ0v) is 8.77. The molecule has 1 aromatic carbocycles. The molecule has 17 heavy (non-hydrogen) atoms. The first kappa shape index (κ1) is 10.9. The van der Waals surface area contributed by atoms with Gasteiger partial charge in [-0.25, -0.2) is 4.79 Å². The Labute approximate surface area is 96.0 Å². The van der Waals surface area contributed by atoms with Crippen LogP contribution in [0.2, 0.25) is 0 Å². The summed E-state index contributed by atoms with van der Waals surface area (Å²) >= 11 is 0. The topological polar surface area (TPSA) is 79.4 Å². The molecule has 0 saturated carbocycles. The number of carboxylic acid groups (broad SMARTS) is 1. The van der Waals surface area contributed by atoms with Crippen molar-refractivity contribution in [3.8, 4) is 5.88 Å². The van der Waals surface area contributed by atoms with E-state index in [1.54, 1.807) is 24.3 Å². The van der Waals surface area contributed by atoms with Crippen LogP contribution in [0, 0.1) is 0 Å². The summed E-state index contributed by atoms with van der Waals surface area (Å²) < 4.78 is 4.41. The zero-order chi connectivity index (χ0) is 12.4. The monoisotopic (exact) mass is 231 g/mol. The van der Waals surface area contributed by atoms with Crippen LogP contribution in [0.15, 0.2) is 35.6 Å². The highest BCUT2D eigenvalue weighted by Gasteiger charge is 2.06. The molecule has 5 heteroatoms. The maximum Gasteiger partial charge on any atom is 0.512 e. The quantitative estimate of drug-likeness (QED) is 0.776. The number of aromatic amines is 1. The standard InChI is InChI=1S/C12H9NO4/c1-2-7-3-4-8-9(5-7)13-11(6-10(8)14)17-12(15)16/h2-6H,1H2,(H,13,14)(H,15,16). The van der Waals surface area contributed by atoms with Gasteiger partial charge in [0.1, 0.15) is 0 Å². The van der Waals surface area contributed by atoms with E-state index < -0.39 is 6.16 Å². The summed E-state index contributed by atoms with van der Waals surface area (Å²) in [5.74, 6) is -0.101. The summed E-state index contributed by atoms with van der Waals surface area (Å²) in [4.78, 5) is 24.8. The molecule has 2 N–H and O–H groups in total. The van der Waals surface area contributed by atoms with E-state index in [0.717, 1.165) is 11.6 Å². The second-order valence-electron chi connectivity index (χ2n) is 3.37. The van der Waals surface area contributed by atoms with Crippen LogP contribution in [0.1, 0.15) is 5.56 Å². The fourth-order valence-electron chi connectivity index (χ4n) is 1.52. The van der Waals surface area contributed by atoms with Crippen LogP contribution in [-0.2, 0) is 0 Å². The summed E-state index contributed by atoms with van der Waals surface area (Å²) in [6.45, 7) is 3.61. The van der Waals surface area contributed by atoms with Gasteiger partial charge in [-0.1, -0.05) is 18.7 Å². The lowest BCUT2D eigenvalue weighted by Crippen LogP contribution is -2.09. The van der Waals surface area contributed by atoms with Crippen LogP contribution in [0.25, 0.3) is 17.0 Å². The molecule has 5 nitrogen and oxygen atoms in total. The van der Waals surface area contributed by atoms with Crippen molar-refractivity contribution in [2.75, 3.05) is 0 Å². The maximum atomic E-state index is 11.7. The summed E-state index contributed by atoms with van der Waals surface area (Å²) in [6, 6.07) is 6.19. The van der Waals surface area contributed by atoms with Crippen molar-refractivity contribution in [3.05, 3.63) is 46.6 Å². The third-order valence-electron chi connectivity index (χ3n) is 2.26. The van der Waals surface area contributed by atoms with Gasteiger partial charge in [0.15, 0.2) is 5.43 Å². The maximum absolute atomic E-state index is 11.7. The highest BCUT2D eigenvalue weighted by molar-refractivity contribution is 5.81. The highest BCUT2D eigenvalue weighted by atomic mass is 16.7. The van der Waals surface area contributed by atoms with E-state index >= 15 is 0 Å². The number of benzene rings is 1. The van der Waals surface area contributed by atoms with Gasteiger partial charge in [0.05, 0.1) is 5.52 Å². The summed E-state index contributed by atoms with van der Waals surface area (Å²) in [5, 5.41) is 8.94. The Morgan fingerprint density at radius 1 is 1.41 bits per heavy atom. The van der Waals surface area contributed by atoms with Crippen molar-refractivity contribution in [1.29, 1.82) is 0 Å². The molecule has 0 aliphatic heterocycles. The number of aromatic nitrogens is 1. The molecule has 0 fully saturated rings. The van der Waals surface area contributed by atoms with Gasteiger partial charge >= 0.3 is 6.16 Å². The molecule has 0 spiro atoms. The molecular formula is C12H9NO4. The first-order chi connectivity index (χ1) is 8.10. The average molecular weight is 231 g/mol. The minimum atomic E-state index is -1.47. The molecule has 0 atom stereocenters. The smallest absolute Gasteiger partial charge is 0.449 e. The van der Waals surface area contributed by atoms with Crippen molar-refractivity contribution in [1.82, 2.24) is 4.98 Å². The Hall–Kier alpha value is -2.56. The normalized spacial score (nSPS) is 10.1. The minimum Gasteiger partial charge on any atom is -0.449 e. The van der Waals surface area contributed by atoms with E-state index in [1.165, 1.54) is 0 Å². The fraction of sp³-hybridized carbons (Fsp3) is 0. The molecule has 1 heterocycles. The third kappa shape index (κ3) is 2.17. The molecule has 0 aliphatic carbocycles. The van der Waals surface area contributed by atoms with Gasteiger partial charge in [0, 0.05) is 11.5 Å². The minimum absolute atomic E-state index is 0.101. The van der Waals surface area contributed by atoms with Crippen molar-refractivity contribution in [2.45, 2.75) is 0 Å². The van der Waals surface area contributed by atoms with Crippen LogP contribution >= 0.6 is 0 Å². The van der Waals surface area contributed by atoms with E-state index in [-0.39, 0.29) is 11.3 Å². The lowest BCUT2D eigenvalue weighted by atomic mass is 10.1. The molecule has 0 aliphatic rings. The largest absolute Gasteiger partial charge is 0.512 e. The van der Waals surface area contributed by atoms with Gasteiger partial charge in [-0.2, -0.15) is 0 Å². The molecule has 86 valence electrons. The Bertz CT molecular complexity index is 657. The number of fused-ring (bicyclic) bond motifs is 1. The number of nitrogens with one attached hydrogen (secondary N) is 1. The molecule has 0 amide bonds.